The highest BCUT2D eigenvalue weighted by molar-refractivity contribution is 7.26. The first-order valence-electron chi connectivity index (χ1n) is 21.3. The highest BCUT2D eigenvalue weighted by Crippen LogP contribution is 2.52. The van der Waals surface area contributed by atoms with Crippen LogP contribution in [0.4, 0.5) is 51.2 Å². The third-order valence-corrected chi connectivity index (χ3v) is 13.1. The number of thiophene rings is 1. The molecule has 0 spiro atoms. The number of hydrogen-bond acceptors (Lipinski definition) is 5. The second-order valence-corrected chi connectivity index (χ2v) is 16.8. The molecule has 0 atom stereocenters. The van der Waals surface area contributed by atoms with Gasteiger partial charge in [0.2, 0.25) is 0 Å². The van der Waals surface area contributed by atoms with Crippen molar-refractivity contribution in [3.05, 3.63) is 237 Å². The molecular formula is C58H39N3OS. The lowest BCUT2D eigenvalue weighted by atomic mass is 10.00. The van der Waals surface area contributed by atoms with Crippen LogP contribution in [0.25, 0.3) is 52.9 Å². The molecule has 0 unspecified atom stereocenters. The van der Waals surface area contributed by atoms with E-state index in [-0.39, 0.29) is 0 Å². The molecule has 0 amide bonds. The number of benzene rings is 10. The topological polar surface area (TPSA) is 22.9 Å². The van der Waals surface area contributed by atoms with E-state index >= 15 is 0 Å². The summed E-state index contributed by atoms with van der Waals surface area (Å²) in [4.78, 5) is 7.21. The number of anilines is 9. The van der Waals surface area contributed by atoms with Gasteiger partial charge in [-0.25, -0.2) is 0 Å². The fourth-order valence-corrected chi connectivity index (χ4v) is 10.5. The predicted molar refractivity (Wildman–Crippen MR) is 268 cm³/mol. The minimum atomic E-state index is 0.871. The maximum Gasteiger partial charge on any atom is 0.135 e. The van der Waals surface area contributed by atoms with Gasteiger partial charge in [-0.2, -0.15) is 0 Å². The van der Waals surface area contributed by atoms with Crippen molar-refractivity contribution in [2.45, 2.75) is 0 Å². The molecule has 0 aliphatic carbocycles. The van der Waals surface area contributed by atoms with Gasteiger partial charge in [0.15, 0.2) is 0 Å². The monoisotopic (exact) mass is 825 g/mol. The second kappa shape index (κ2) is 15.4. The Morgan fingerprint density at radius 2 is 0.746 bits per heavy atom. The van der Waals surface area contributed by atoms with E-state index in [1.807, 2.05) is 23.5 Å². The lowest BCUT2D eigenvalue weighted by molar-refractivity contribution is 0.669. The van der Waals surface area contributed by atoms with E-state index in [4.69, 9.17) is 4.42 Å². The van der Waals surface area contributed by atoms with E-state index in [2.05, 4.69) is 239 Å². The SMILES string of the molecule is c1ccc(N(c2cc(N(c3ccccc3)c3ccccc3)c3c(c2)sc2c4ccccc4c(N(c4ccccc4)c4ccccc4)cc23)c2ccc3oc4ccccc4c3c2)cc1. The summed E-state index contributed by atoms with van der Waals surface area (Å²) < 4.78 is 8.77. The van der Waals surface area contributed by atoms with Crippen molar-refractivity contribution in [3.8, 4) is 0 Å². The zero-order chi connectivity index (χ0) is 41.7. The van der Waals surface area contributed by atoms with Crippen LogP contribution in [0.5, 0.6) is 0 Å². The van der Waals surface area contributed by atoms with Crippen LogP contribution in [-0.4, -0.2) is 0 Å². The van der Waals surface area contributed by atoms with Crippen LogP contribution < -0.4 is 14.7 Å². The van der Waals surface area contributed by atoms with Gasteiger partial charge >= 0.3 is 0 Å². The molecule has 0 aliphatic heterocycles. The third-order valence-electron chi connectivity index (χ3n) is 12.0. The van der Waals surface area contributed by atoms with Gasteiger partial charge in [0.1, 0.15) is 11.2 Å². The molecule has 0 N–H and O–H groups in total. The highest BCUT2D eigenvalue weighted by atomic mass is 32.1. The first kappa shape index (κ1) is 36.7. The smallest absolute Gasteiger partial charge is 0.135 e. The maximum atomic E-state index is 6.33. The molecule has 2 heterocycles. The Morgan fingerprint density at radius 1 is 0.286 bits per heavy atom. The quantitative estimate of drug-likeness (QED) is 0.145. The third kappa shape index (κ3) is 6.37. The fourth-order valence-electron chi connectivity index (χ4n) is 9.20. The van der Waals surface area contributed by atoms with Crippen molar-refractivity contribution in [1.82, 2.24) is 0 Å². The van der Waals surface area contributed by atoms with Gasteiger partial charge in [-0.3, -0.25) is 0 Å². The van der Waals surface area contributed by atoms with Crippen LogP contribution in [0.2, 0.25) is 0 Å². The Morgan fingerprint density at radius 3 is 1.32 bits per heavy atom. The Kier molecular flexibility index (Phi) is 8.98. The number of fused-ring (bicyclic) bond motifs is 8. The highest BCUT2D eigenvalue weighted by Gasteiger charge is 2.26. The molecule has 0 bridgehead atoms. The molecule has 2 aromatic heterocycles. The molecule has 5 heteroatoms. The summed E-state index contributed by atoms with van der Waals surface area (Å²) >= 11 is 1.87. The average Bonchev–Trinajstić information content (AvgIpc) is 3.92. The summed E-state index contributed by atoms with van der Waals surface area (Å²) in [5, 5.41) is 7.01. The molecule has 298 valence electrons. The lowest BCUT2D eigenvalue weighted by Crippen LogP contribution is -2.13. The van der Waals surface area contributed by atoms with Crippen LogP contribution in [-0.2, 0) is 0 Å². The van der Waals surface area contributed by atoms with E-state index in [9.17, 15) is 0 Å². The number of hydrogen-bond donors (Lipinski definition) is 0. The molecule has 10 aromatic carbocycles. The largest absolute Gasteiger partial charge is 0.456 e. The molecule has 63 heavy (non-hydrogen) atoms. The van der Waals surface area contributed by atoms with Crippen molar-refractivity contribution in [2.75, 3.05) is 14.7 Å². The van der Waals surface area contributed by atoms with Gasteiger partial charge < -0.3 is 19.1 Å². The van der Waals surface area contributed by atoms with E-state index in [1.165, 1.54) is 30.9 Å². The molecule has 0 saturated heterocycles. The normalized spacial score (nSPS) is 11.5. The Hall–Kier alpha value is -8.12. The standard InChI is InChI=1S/C58H39N3OS/c1-6-20-40(21-7-1)59(45-34-35-55-50(36-45)48-31-18-19-33-54(48)62-55)46-37-53(61(43-26-12-4-13-27-43)44-28-14-5-15-29-44)57-51-39-52(47-30-16-17-32-49(47)58(51)63-56(57)38-46)60(41-22-8-2-9-23-41)42-24-10-3-11-25-42/h1-39H. The molecule has 0 fully saturated rings. The van der Waals surface area contributed by atoms with Gasteiger partial charge in [0, 0.05) is 81.5 Å². The van der Waals surface area contributed by atoms with Crippen LogP contribution >= 0.6 is 11.3 Å². The van der Waals surface area contributed by atoms with Gasteiger partial charge in [-0.15, -0.1) is 11.3 Å². The minimum absolute atomic E-state index is 0.871. The fraction of sp³-hybridized carbons (Fsp3) is 0. The predicted octanol–water partition coefficient (Wildman–Crippen LogP) is 17.5. The van der Waals surface area contributed by atoms with Gasteiger partial charge in [0.25, 0.3) is 0 Å². The first-order chi connectivity index (χ1) is 31.3. The number of furan rings is 1. The van der Waals surface area contributed by atoms with Crippen LogP contribution in [0.15, 0.2) is 241 Å². The second-order valence-electron chi connectivity index (χ2n) is 15.7. The van der Waals surface area contributed by atoms with E-state index in [0.29, 0.717) is 0 Å². The van der Waals surface area contributed by atoms with Crippen LogP contribution in [0.3, 0.4) is 0 Å². The van der Waals surface area contributed by atoms with Crippen molar-refractivity contribution in [2.24, 2.45) is 0 Å². The van der Waals surface area contributed by atoms with Crippen LogP contribution in [0.1, 0.15) is 0 Å². The van der Waals surface area contributed by atoms with Gasteiger partial charge in [0.05, 0.1) is 11.4 Å². The summed E-state index contributed by atoms with van der Waals surface area (Å²) in [5.41, 5.74) is 11.5. The van der Waals surface area contributed by atoms with Crippen molar-refractivity contribution < 1.29 is 4.42 Å². The molecule has 0 aliphatic rings. The minimum Gasteiger partial charge on any atom is -0.456 e. The van der Waals surface area contributed by atoms with E-state index < -0.39 is 0 Å². The number of para-hydroxylation sites is 6. The van der Waals surface area contributed by atoms with Crippen molar-refractivity contribution >= 4 is 115 Å². The number of rotatable bonds is 9. The van der Waals surface area contributed by atoms with Gasteiger partial charge in [-0.1, -0.05) is 133 Å². The molecule has 0 saturated carbocycles. The average molecular weight is 826 g/mol. The molecule has 12 aromatic rings. The zero-order valence-corrected chi connectivity index (χ0v) is 35.0. The zero-order valence-electron chi connectivity index (χ0n) is 34.2. The summed E-state index contributed by atoms with van der Waals surface area (Å²) in [7, 11) is 0. The first-order valence-corrected chi connectivity index (χ1v) is 22.1. The van der Waals surface area contributed by atoms with Gasteiger partial charge in [-0.05, 0) is 103 Å². The van der Waals surface area contributed by atoms with Crippen LogP contribution in [0, 0.1) is 0 Å². The van der Waals surface area contributed by atoms with E-state index in [1.54, 1.807) is 0 Å². The Bertz CT molecular complexity index is 3490. The lowest BCUT2D eigenvalue weighted by Gasteiger charge is -2.30. The number of nitrogens with zero attached hydrogens (tertiary/aromatic N) is 3. The van der Waals surface area contributed by atoms with E-state index in [0.717, 1.165) is 73.1 Å². The molecule has 12 rings (SSSR count). The Labute approximate surface area is 369 Å². The summed E-state index contributed by atoms with van der Waals surface area (Å²) in [6.07, 6.45) is 0. The summed E-state index contributed by atoms with van der Waals surface area (Å²) in [5.74, 6) is 0. The molecule has 4 nitrogen and oxygen atoms in total. The maximum absolute atomic E-state index is 6.33. The molecule has 0 radical (unpaired) electrons. The van der Waals surface area contributed by atoms with Crippen molar-refractivity contribution in [1.29, 1.82) is 0 Å². The summed E-state index contributed by atoms with van der Waals surface area (Å²) in [6, 6.07) is 84.6. The Balaban J connectivity index is 1.19. The molecular weight excluding hydrogens is 787 g/mol. The summed E-state index contributed by atoms with van der Waals surface area (Å²) in [6.45, 7) is 0. The van der Waals surface area contributed by atoms with Crippen molar-refractivity contribution in [3.63, 3.8) is 0 Å².